The number of amides is 1. The SMILES string of the molecule is C.COc1cc(N2CCN(C(=O)Cn3nc(C(F)(F)F)c(Cl)c3Cn3cccn3)CC2)ccc1Cl.COc1cc(N2CCNCC2)ccc1Cl.O=C(O)Cn1nc(C(F)(F)F)c(Cl)c1Cn1cccn1. The maximum absolute atomic E-state index is 13.4. The van der Waals surface area contributed by atoms with Gasteiger partial charge in [-0.2, -0.15) is 46.7 Å². The Morgan fingerprint density at radius 1 is 0.671 bits per heavy atom. The first-order valence-corrected chi connectivity index (χ1v) is 22.2. The lowest BCUT2D eigenvalue weighted by Crippen LogP contribution is -2.49. The van der Waals surface area contributed by atoms with Crippen LogP contribution in [-0.4, -0.2) is 128 Å². The molecule has 1 amide bonds. The Morgan fingerprint density at radius 3 is 1.49 bits per heavy atom. The number of hydrogen-bond donors (Lipinski definition) is 2. The molecule has 0 saturated carbocycles. The van der Waals surface area contributed by atoms with Gasteiger partial charge in [-0.25, -0.2) is 0 Å². The summed E-state index contributed by atoms with van der Waals surface area (Å²) in [5, 5.41) is 26.8. The molecule has 4 aromatic heterocycles. The molecule has 6 heterocycles. The number of carboxylic acid groups (broad SMARTS) is 1. The third kappa shape index (κ3) is 14.1. The standard InChI is InChI=1S/C21H21Cl2F3N6O2.C11H15ClN2O.C10H8ClF3N4O2.CH4/c1-34-17-11-14(3-4-15(17)22)29-7-9-30(10-8-29)18(33)13-32-16(12-31-6-2-5-27-31)19(23)20(28-32)21(24,25)26;1-15-11-8-9(2-3-10(11)12)14-6-4-13-5-7-14;11-8-6(4-17-3-1-2-15-17)18(5-7(19)20)16-9(8)10(12,13)14;/h2-6,11H,7-10,12-13H2,1H3;2-3,8,13H,4-7H2,1H3;1-3H,4-5H2,(H,19,20);1H4. The van der Waals surface area contributed by atoms with Crippen molar-refractivity contribution in [2.24, 2.45) is 0 Å². The number of carbonyl (C=O) groups excluding carboxylic acids is 1. The zero-order valence-electron chi connectivity index (χ0n) is 36.7. The summed E-state index contributed by atoms with van der Waals surface area (Å²) in [6.45, 7) is 4.79. The van der Waals surface area contributed by atoms with Crippen LogP contribution >= 0.6 is 46.4 Å². The summed E-state index contributed by atoms with van der Waals surface area (Å²) < 4.78 is 93.3. The van der Waals surface area contributed by atoms with Crippen molar-refractivity contribution in [2.75, 3.05) is 76.4 Å². The first-order chi connectivity index (χ1) is 32.8. The van der Waals surface area contributed by atoms with Crippen molar-refractivity contribution >= 4 is 69.7 Å². The van der Waals surface area contributed by atoms with Gasteiger partial charge in [-0.3, -0.25) is 28.3 Å². The van der Waals surface area contributed by atoms with Gasteiger partial charge in [0.1, 0.15) is 24.6 Å². The van der Waals surface area contributed by atoms with E-state index < -0.39 is 46.3 Å². The number of nitrogens with zero attached hydrogens (tertiary/aromatic N) is 11. The molecule has 2 saturated heterocycles. The molecule has 0 unspecified atom stereocenters. The lowest BCUT2D eigenvalue weighted by molar-refractivity contribution is -0.143. The lowest BCUT2D eigenvalue weighted by Gasteiger charge is -2.36. The number of nitrogens with one attached hydrogen (secondary N) is 1. The number of rotatable bonds is 12. The van der Waals surface area contributed by atoms with Crippen LogP contribution in [0.1, 0.15) is 30.2 Å². The van der Waals surface area contributed by atoms with Crippen LogP contribution in [0.2, 0.25) is 20.1 Å². The van der Waals surface area contributed by atoms with Crippen molar-refractivity contribution in [1.82, 2.24) is 49.3 Å². The van der Waals surface area contributed by atoms with Crippen LogP contribution in [0.5, 0.6) is 11.5 Å². The zero-order valence-corrected chi connectivity index (χ0v) is 39.7. The van der Waals surface area contributed by atoms with Gasteiger partial charge in [0.05, 0.1) is 58.8 Å². The first-order valence-electron chi connectivity index (χ1n) is 20.7. The van der Waals surface area contributed by atoms with Gasteiger partial charge in [0.15, 0.2) is 11.4 Å². The fraction of sp³-hybridized carbons (Fsp3) is 0.395. The second-order valence-electron chi connectivity index (χ2n) is 15.1. The number of alkyl halides is 6. The Kier molecular flexibility index (Phi) is 19.1. The van der Waals surface area contributed by atoms with Crippen LogP contribution in [0, 0.1) is 0 Å². The van der Waals surface area contributed by atoms with Crippen molar-refractivity contribution in [2.45, 2.75) is 46.0 Å². The van der Waals surface area contributed by atoms with Gasteiger partial charge >= 0.3 is 18.3 Å². The van der Waals surface area contributed by atoms with Crippen molar-refractivity contribution in [3.63, 3.8) is 0 Å². The largest absolute Gasteiger partial charge is 0.495 e. The third-order valence-corrected chi connectivity index (χ3v) is 12.0. The minimum absolute atomic E-state index is 0. The summed E-state index contributed by atoms with van der Waals surface area (Å²) in [6, 6.07) is 14.6. The van der Waals surface area contributed by atoms with Gasteiger partial charge in [0.25, 0.3) is 0 Å². The van der Waals surface area contributed by atoms with Crippen molar-refractivity contribution in [3.8, 4) is 11.5 Å². The molecule has 70 heavy (non-hydrogen) atoms. The molecule has 2 N–H and O–H groups in total. The molecule has 2 aliphatic heterocycles. The topological polar surface area (TPSA) is 166 Å². The fourth-order valence-corrected chi connectivity index (χ4v) is 8.15. The van der Waals surface area contributed by atoms with Crippen molar-refractivity contribution < 1.29 is 50.5 Å². The molecule has 17 nitrogen and oxygen atoms in total. The van der Waals surface area contributed by atoms with E-state index in [4.69, 9.17) is 61.0 Å². The third-order valence-electron chi connectivity index (χ3n) is 10.6. The minimum Gasteiger partial charge on any atom is -0.495 e. The van der Waals surface area contributed by atoms with Gasteiger partial charge in [-0.05, 0) is 36.4 Å². The predicted octanol–water partition coefficient (Wildman–Crippen LogP) is 8.09. The average Bonchev–Trinajstić information content (AvgIpc) is 4.15. The van der Waals surface area contributed by atoms with Crippen LogP contribution < -0.4 is 24.6 Å². The van der Waals surface area contributed by atoms with E-state index in [9.17, 15) is 35.9 Å². The van der Waals surface area contributed by atoms with Crippen LogP contribution in [0.3, 0.4) is 0 Å². The maximum atomic E-state index is 13.4. The Labute approximate surface area is 417 Å². The van der Waals surface area contributed by atoms with E-state index in [1.807, 2.05) is 30.3 Å². The van der Waals surface area contributed by atoms with Gasteiger partial charge in [0, 0.05) is 101 Å². The molecule has 8 rings (SSSR count). The van der Waals surface area contributed by atoms with E-state index in [1.165, 1.54) is 40.8 Å². The number of anilines is 2. The number of halogens is 10. The number of benzene rings is 2. The number of methoxy groups -OCH3 is 2. The van der Waals surface area contributed by atoms with Crippen LogP contribution in [0.4, 0.5) is 37.7 Å². The summed E-state index contributed by atoms with van der Waals surface area (Å²) in [5.74, 6) is -0.367. The zero-order chi connectivity index (χ0) is 50.0. The highest BCUT2D eigenvalue weighted by molar-refractivity contribution is 6.33. The van der Waals surface area contributed by atoms with E-state index in [0.29, 0.717) is 42.0 Å². The molecule has 0 atom stereocenters. The Balaban J connectivity index is 0.000000214. The average molecular weight is 1070 g/mol. The molecular weight excluding hydrogens is 1020 g/mol. The molecule has 0 radical (unpaired) electrons. The van der Waals surface area contributed by atoms with Crippen molar-refractivity contribution in [1.29, 1.82) is 0 Å². The van der Waals surface area contributed by atoms with Gasteiger partial charge in [0.2, 0.25) is 5.91 Å². The first kappa shape index (κ1) is 55.1. The lowest BCUT2D eigenvalue weighted by atomic mass is 10.2. The summed E-state index contributed by atoms with van der Waals surface area (Å²) in [4.78, 5) is 29.6. The van der Waals surface area contributed by atoms with Crippen LogP contribution in [-0.2, 0) is 48.1 Å². The van der Waals surface area contributed by atoms with E-state index in [2.05, 4.69) is 35.5 Å². The summed E-state index contributed by atoms with van der Waals surface area (Å²) in [5.41, 5.74) is -0.433. The minimum atomic E-state index is -4.75. The monoisotopic (exact) mass is 1070 g/mol. The van der Waals surface area contributed by atoms with E-state index in [1.54, 1.807) is 36.4 Å². The quantitative estimate of drug-likeness (QED) is 0.113. The number of hydrogen-bond acceptors (Lipinski definition) is 11. The fourth-order valence-electron chi connectivity index (χ4n) is 7.15. The molecule has 0 aliphatic carbocycles. The Bertz CT molecular complexity index is 2650. The Hall–Kier alpha value is -5.88. The molecule has 2 aliphatic rings. The molecular formula is C43H48Cl4F6N12O5. The predicted molar refractivity (Wildman–Crippen MR) is 251 cm³/mol. The molecule has 27 heteroatoms. The van der Waals surface area contributed by atoms with Gasteiger partial charge in [-0.1, -0.05) is 53.8 Å². The summed E-state index contributed by atoms with van der Waals surface area (Å²) in [7, 11) is 3.18. The van der Waals surface area contributed by atoms with E-state index in [0.717, 1.165) is 47.0 Å². The highest BCUT2D eigenvalue weighted by Crippen LogP contribution is 2.38. The van der Waals surface area contributed by atoms with Crippen LogP contribution in [0.15, 0.2) is 73.3 Å². The highest BCUT2D eigenvalue weighted by Gasteiger charge is 2.40. The molecule has 6 aromatic rings. The molecule has 2 fully saturated rings. The number of aromatic nitrogens is 8. The number of piperazine rings is 2. The summed E-state index contributed by atoms with van der Waals surface area (Å²) in [6.07, 6.45) is -3.44. The van der Waals surface area contributed by atoms with Gasteiger partial charge < -0.3 is 34.6 Å². The Morgan fingerprint density at radius 2 is 1.10 bits per heavy atom. The van der Waals surface area contributed by atoms with Crippen molar-refractivity contribution in [3.05, 3.63) is 116 Å². The summed E-state index contributed by atoms with van der Waals surface area (Å²) >= 11 is 23.8. The maximum Gasteiger partial charge on any atom is 0.436 e. The molecule has 380 valence electrons. The van der Waals surface area contributed by atoms with E-state index >= 15 is 0 Å². The normalized spacial score (nSPS) is 14.0. The smallest absolute Gasteiger partial charge is 0.436 e. The number of carboxylic acids is 1. The molecule has 0 bridgehead atoms. The molecule has 0 spiro atoms. The second-order valence-corrected chi connectivity index (χ2v) is 16.6. The molecule has 2 aromatic carbocycles. The second kappa shape index (κ2) is 24.3. The highest BCUT2D eigenvalue weighted by atomic mass is 35.5. The van der Waals surface area contributed by atoms with Gasteiger partial charge in [-0.15, -0.1) is 0 Å². The number of aliphatic carboxylic acids is 1. The number of carbonyl (C=O) groups is 2. The number of ether oxygens (including phenoxy) is 2. The van der Waals surface area contributed by atoms with E-state index in [-0.39, 0.29) is 44.4 Å². The van der Waals surface area contributed by atoms with Crippen LogP contribution in [0.25, 0.3) is 0 Å².